The smallest absolute Gasteiger partial charge is 0 e. The fourth-order valence-corrected chi connectivity index (χ4v) is 2.62. The molecule has 0 saturated carbocycles. The summed E-state index contributed by atoms with van der Waals surface area (Å²) in [5, 5.41) is 0. The van der Waals surface area contributed by atoms with Crippen molar-refractivity contribution >= 4 is 0 Å². The maximum absolute atomic E-state index is 2.29. The van der Waals surface area contributed by atoms with E-state index in [1.807, 2.05) is 0 Å². The maximum Gasteiger partial charge on any atom is 0 e. The molecule has 120 valence electrons. The molecule has 0 N–H and O–H groups in total. The summed E-state index contributed by atoms with van der Waals surface area (Å²) >= 11 is 0. The molecule has 0 atom stereocenters. The molecule has 0 aliphatic heterocycles. The fraction of sp³-hybridized carbons (Fsp3) is 1.00. The number of rotatable bonds is 15. The summed E-state index contributed by atoms with van der Waals surface area (Å²) in [6, 6.07) is 0. The van der Waals surface area contributed by atoms with Crippen LogP contribution >= 0.6 is 0 Å². The van der Waals surface area contributed by atoms with Gasteiger partial charge in [-0.15, -0.1) is 0 Å². The second-order valence-electron chi connectivity index (χ2n) is 5.95. The average molecular weight is 313 g/mol. The molecule has 0 bridgehead atoms. The standard InChI is InChI=1S/C18H38.Ni/c1-3-5-7-9-11-13-15-17-18-16-14-12-10-8-6-4-2;/h3-18H2,1-2H3;. The van der Waals surface area contributed by atoms with E-state index < -0.39 is 0 Å². The Hall–Kier alpha value is 0.494. The van der Waals surface area contributed by atoms with E-state index in [0.29, 0.717) is 0 Å². The second-order valence-corrected chi connectivity index (χ2v) is 5.95. The second kappa shape index (κ2) is 20.8. The van der Waals surface area contributed by atoms with Crippen LogP contribution in [0.2, 0.25) is 0 Å². The van der Waals surface area contributed by atoms with E-state index in [2.05, 4.69) is 13.8 Å². The van der Waals surface area contributed by atoms with Crippen LogP contribution < -0.4 is 0 Å². The van der Waals surface area contributed by atoms with Crippen molar-refractivity contribution in [1.82, 2.24) is 0 Å². The van der Waals surface area contributed by atoms with Crippen LogP contribution in [0.15, 0.2) is 0 Å². The molecule has 0 amide bonds. The molecule has 0 saturated heterocycles. The summed E-state index contributed by atoms with van der Waals surface area (Å²) in [5.41, 5.74) is 0. The molecule has 0 unspecified atom stereocenters. The van der Waals surface area contributed by atoms with Gasteiger partial charge >= 0.3 is 0 Å². The predicted molar refractivity (Wildman–Crippen MR) is 85.2 cm³/mol. The van der Waals surface area contributed by atoms with E-state index in [4.69, 9.17) is 0 Å². The third-order valence-corrected chi connectivity index (χ3v) is 3.96. The Balaban J connectivity index is 0. The molecule has 0 aromatic rings. The van der Waals surface area contributed by atoms with Gasteiger partial charge in [0, 0.05) is 16.5 Å². The normalized spacial score (nSPS) is 10.4. The Morgan fingerprint density at radius 1 is 0.316 bits per heavy atom. The largest absolute Gasteiger partial charge is 0.0654 e. The Morgan fingerprint density at radius 2 is 0.474 bits per heavy atom. The summed E-state index contributed by atoms with van der Waals surface area (Å²) < 4.78 is 0. The zero-order valence-electron chi connectivity index (χ0n) is 13.6. The van der Waals surface area contributed by atoms with Crippen molar-refractivity contribution in [3.63, 3.8) is 0 Å². The first kappa shape index (κ1) is 21.8. The molecule has 0 radical (unpaired) electrons. The molecule has 1 heteroatoms. The Kier molecular flexibility index (Phi) is 23.9. The molecule has 0 aliphatic carbocycles. The fourth-order valence-electron chi connectivity index (χ4n) is 2.62. The third kappa shape index (κ3) is 21.0. The Bertz CT molecular complexity index is 118. The van der Waals surface area contributed by atoms with Crippen molar-refractivity contribution in [3.05, 3.63) is 0 Å². The Morgan fingerprint density at radius 3 is 0.632 bits per heavy atom. The molecule has 0 rings (SSSR count). The van der Waals surface area contributed by atoms with Gasteiger partial charge in [-0.2, -0.15) is 0 Å². The van der Waals surface area contributed by atoms with E-state index in [1.165, 1.54) is 103 Å². The zero-order valence-corrected chi connectivity index (χ0v) is 14.6. The van der Waals surface area contributed by atoms with Gasteiger partial charge in [0.1, 0.15) is 0 Å². The van der Waals surface area contributed by atoms with Gasteiger partial charge in [0.25, 0.3) is 0 Å². The van der Waals surface area contributed by atoms with Crippen molar-refractivity contribution in [2.24, 2.45) is 0 Å². The minimum absolute atomic E-state index is 0. The minimum Gasteiger partial charge on any atom is -0.0654 e. The van der Waals surface area contributed by atoms with Crippen molar-refractivity contribution in [3.8, 4) is 0 Å². The summed E-state index contributed by atoms with van der Waals surface area (Å²) in [6.07, 6.45) is 23.4. The van der Waals surface area contributed by atoms with Crippen LogP contribution in [0.5, 0.6) is 0 Å². The van der Waals surface area contributed by atoms with Crippen LogP contribution in [0, 0.1) is 0 Å². The van der Waals surface area contributed by atoms with Gasteiger partial charge in [-0.25, -0.2) is 0 Å². The maximum atomic E-state index is 2.29. The number of unbranched alkanes of at least 4 members (excludes halogenated alkanes) is 15. The first-order valence-corrected chi connectivity index (χ1v) is 8.91. The van der Waals surface area contributed by atoms with Crippen LogP contribution in [0.3, 0.4) is 0 Å². The molecule has 0 aromatic carbocycles. The molecule has 0 aromatic heterocycles. The van der Waals surface area contributed by atoms with Gasteiger partial charge in [-0.1, -0.05) is 117 Å². The summed E-state index contributed by atoms with van der Waals surface area (Å²) in [7, 11) is 0. The van der Waals surface area contributed by atoms with E-state index in [0.717, 1.165) is 0 Å². The first-order valence-electron chi connectivity index (χ1n) is 8.91. The van der Waals surface area contributed by atoms with Crippen LogP contribution in [-0.4, -0.2) is 0 Å². The predicted octanol–water partition coefficient (Wildman–Crippen LogP) is 7.27. The van der Waals surface area contributed by atoms with Crippen molar-refractivity contribution < 1.29 is 16.5 Å². The first-order chi connectivity index (χ1) is 8.91. The van der Waals surface area contributed by atoms with Crippen molar-refractivity contribution in [2.75, 3.05) is 0 Å². The molecule has 0 heterocycles. The Labute approximate surface area is 133 Å². The number of hydrogen-bond acceptors (Lipinski definition) is 0. The van der Waals surface area contributed by atoms with Crippen molar-refractivity contribution in [1.29, 1.82) is 0 Å². The van der Waals surface area contributed by atoms with E-state index in [9.17, 15) is 0 Å². The summed E-state index contributed by atoms with van der Waals surface area (Å²) in [6.45, 7) is 4.59. The average Bonchev–Trinajstić information content (AvgIpc) is 2.39. The molecule has 0 spiro atoms. The minimum atomic E-state index is 0. The molecular formula is C18H38Ni. The van der Waals surface area contributed by atoms with Gasteiger partial charge in [0.15, 0.2) is 0 Å². The van der Waals surface area contributed by atoms with Crippen LogP contribution in [0.25, 0.3) is 0 Å². The topological polar surface area (TPSA) is 0 Å². The third-order valence-electron chi connectivity index (χ3n) is 3.96. The van der Waals surface area contributed by atoms with Crippen molar-refractivity contribution in [2.45, 2.75) is 117 Å². The van der Waals surface area contributed by atoms with Gasteiger partial charge in [-0.05, 0) is 0 Å². The van der Waals surface area contributed by atoms with Crippen LogP contribution in [0.1, 0.15) is 117 Å². The molecule has 0 aliphatic rings. The van der Waals surface area contributed by atoms with Gasteiger partial charge in [0.2, 0.25) is 0 Å². The van der Waals surface area contributed by atoms with Crippen LogP contribution in [0.4, 0.5) is 0 Å². The summed E-state index contributed by atoms with van der Waals surface area (Å²) in [5.74, 6) is 0. The molecule has 19 heavy (non-hydrogen) atoms. The molecular weight excluding hydrogens is 275 g/mol. The van der Waals surface area contributed by atoms with Crippen LogP contribution in [-0.2, 0) is 16.5 Å². The SMILES string of the molecule is CCCCCCCCCCCCCCCCCC.[Ni]. The van der Waals surface area contributed by atoms with Gasteiger partial charge < -0.3 is 0 Å². The van der Waals surface area contributed by atoms with Gasteiger partial charge in [-0.3, -0.25) is 0 Å². The van der Waals surface area contributed by atoms with E-state index >= 15 is 0 Å². The van der Waals surface area contributed by atoms with Gasteiger partial charge in [0.05, 0.1) is 0 Å². The number of hydrogen-bond donors (Lipinski definition) is 0. The summed E-state index contributed by atoms with van der Waals surface area (Å²) in [4.78, 5) is 0. The monoisotopic (exact) mass is 312 g/mol. The quantitative estimate of drug-likeness (QED) is 0.220. The molecule has 0 fully saturated rings. The zero-order chi connectivity index (χ0) is 13.3. The van der Waals surface area contributed by atoms with E-state index in [1.54, 1.807) is 0 Å². The molecule has 0 nitrogen and oxygen atoms in total. The van der Waals surface area contributed by atoms with E-state index in [-0.39, 0.29) is 16.5 Å².